The topological polar surface area (TPSA) is 28.1 Å². The summed E-state index contributed by atoms with van der Waals surface area (Å²) in [5.41, 5.74) is 8.84. The Morgan fingerprint density at radius 1 is 1.18 bits per heavy atom. The van der Waals surface area contributed by atoms with Gasteiger partial charge in [0.1, 0.15) is 0 Å². The van der Waals surface area contributed by atoms with Crippen LogP contribution in [0.2, 0.25) is 0 Å². The molecule has 1 aliphatic rings. The molecule has 0 bridgehead atoms. The molecule has 1 aromatic rings. The summed E-state index contributed by atoms with van der Waals surface area (Å²) in [6.45, 7) is 10.8. The summed E-state index contributed by atoms with van der Waals surface area (Å²) < 4.78 is 0. The Morgan fingerprint density at radius 2 is 1.88 bits per heavy atom. The van der Waals surface area contributed by atoms with E-state index in [2.05, 4.69) is 50.7 Å². The Hall–Kier alpha value is -1.57. The molecule has 2 heteroatoms. The number of hydrogen-bond donors (Lipinski definition) is 1. The minimum absolute atomic E-state index is 1.05. The average molecular weight is 228 g/mol. The molecule has 2 rings (SSSR count). The van der Waals surface area contributed by atoms with Gasteiger partial charge in [0.05, 0.1) is 5.70 Å². The number of aromatic amines is 1. The van der Waals surface area contributed by atoms with E-state index in [4.69, 9.17) is 0 Å². The lowest BCUT2D eigenvalue weighted by molar-refractivity contribution is 1.04. The van der Waals surface area contributed by atoms with Crippen LogP contribution in [0.3, 0.4) is 0 Å². The number of aromatic nitrogens is 1. The van der Waals surface area contributed by atoms with Crippen LogP contribution in [0.25, 0.3) is 6.08 Å². The zero-order chi connectivity index (χ0) is 12.6. The molecule has 17 heavy (non-hydrogen) atoms. The molecule has 0 aromatic carbocycles. The molecule has 0 amide bonds. The van der Waals surface area contributed by atoms with Crippen LogP contribution < -0.4 is 0 Å². The molecule has 2 heterocycles. The number of rotatable bonds is 2. The molecule has 1 aromatic heterocycles. The van der Waals surface area contributed by atoms with Crippen molar-refractivity contribution in [3.05, 3.63) is 39.4 Å². The standard InChI is InChI=1S/C15H20N2/c1-6-13-11(4)12(5)15(17-13)7-14-10(3)9(2)8-16-14/h7-8,17H,6H2,1-5H3/b14-7+. The van der Waals surface area contributed by atoms with Gasteiger partial charge in [0, 0.05) is 17.6 Å². The van der Waals surface area contributed by atoms with Crippen LogP contribution in [-0.4, -0.2) is 11.2 Å². The highest BCUT2D eigenvalue weighted by Gasteiger charge is 2.11. The fraction of sp³-hybridized carbons (Fsp3) is 0.400. The van der Waals surface area contributed by atoms with Gasteiger partial charge in [-0.2, -0.15) is 0 Å². The third-order valence-electron chi connectivity index (χ3n) is 3.71. The van der Waals surface area contributed by atoms with E-state index in [0.717, 1.165) is 12.1 Å². The summed E-state index contributed by atoms with van der Waals surface area (Å²) in [5, 5.41) is 0. The van der Waals surface area contributed by atoms with E-state index < -0.39 is 0 Å². The lowest BCUT2D eigenvalue weighted by Crippen LogP contribution is -1.83. The molecule has 0 atom stereocenters. The molecule has 0 spiro atoms. The van der Waals surface area contributed by atoms with Gasteiger partial charge in [-0.05, 0) is 62.5 Å². The molecule has 0 radical (unpaired) electrons. The van der Waals surface area contributed by atoms with Crippen LogP contribution in [-0.2, 0) is 6.42 Å². The van der Waals surface area contributed by atoms with Crippen LogP contribution in [0.1, 0.15) is 43.3 Å². The number of aryl methyl sites for hydroxylation is 1. The van der Waals surface area contributed by atoms with E-state index in [1.807, 2.05) is 6.21 Å². The predicted molar refractivity (Wildman–Crippen MR) is 74.5 cm³/mol. The number of nitrogens with zero attached hydrogens (tertiary/aromatic N) is 1. The van der Waals surface area contributed by atoms with Crippen molar-refractivity contribution in [3.63, 3.8) is 0 Å². The van der Waals surface area contributed by atoms with Crippen molar-refractivity contribution >= 4 is 12.3 Å². The molecule has 0 fully saturated rings. The molecular formula is C15H20N2. The maximum Gasteiger partial charge on any atom is 0.0682 e. The van der Waals surface area contributed by atoms with Gasteiger partial charge >= 0.3 is 0 Å². The summed E-state index contributed by atoms with van der Waals surface area (Å²) >= 11 is 0. The number of aliphatic imine (C=N–C) groups is 1. The highest BCUT2D eigenvalue weighted by Crippen LogP contribution is 2.26. The van der Waals surface area contributed by atoms with Gasteiger partial charge in [0.25, 0.3) is 0 Å². The number of H-pyrrole nitrogens is 1. The normalized spacial score (nSPS) is 17.6. The molecule has 2 nitrogen and oxygen atoms in total. The van der Waals surface area contributed by atoms with E-state index in [9.17, 15) is 0 Å². The van der Waals surface area contributed by atoms with Gasteiger partial charge in [0.2, 0.25) is 0 Å². The first kappa shape index (κ1) is 11.9. The highest BCUT2D eigenvalue weighted by molar-refractivity contribution is 5.87. The van der Waals surface area contributed by atoms with E-state index >= 15 is 0 Å². The Labute approximate surface area is 103 Å². The molecule has 1 aliphatic heterocycles. The van der Waals surface area contributed by atoms with Crippen LogP contribution >= 0.6 is 0 Å². The molecule has 0 saturated carbocycles. The fourth-order valence-electron chi connectivity index (χ4n) is 2.12. The molecular weight excluding hydrogens is 208 g/mol. The van der Waals surface area contributed by atoms with E-state index in [0.29, 0.717) is 0 Å². The maximum atomic E-state index is 4.44. The average Bonchev–Trinajstić information content (AvgIpc) is 2.77. The van der Waals surface area contributed by atoms with Crippen LogP contribution in [0.4, 0.5) is 0 Å². The lowest BCUT2D eigenvalue weighted by Gasteiger charge is -1.98. The zero-order valence-corrected chi connectivity index (χ0v) is 11.3. The quantitative estimate of drug-likeness (QED) is 0.793. The second-order valence-corrected chi connectivity index (χ2v) is 4.72. The van der Waals surface area contributed by atoms with E-state index in [1.54, 1.807) is 0 Å². The van der Waals surface area contributed by atoms with Crippen molar-refractivity contribution in [2.45, 2.75) is 41.0 Å². The molecule has 0 unspecified atom stereocenters. The minimum Gasteiger partial charge on any atom is -0.358 e. The van der Waals surface area contributed by atoms with Crippen molar-refractivity contribution in [3.8, 4) is 0 Å². The Balaban J connectivity index is 2.44. The molecule has 1 N–H and O–H groups in total. The van der Waals surface area contributed by atoms with E-state index in [1.165, 1.54) is 33.7 Å². The first-order valence-corrected chi connectivity index (χ1v) is 6.16. The first-order valence-electron chi connectivity index (χ1n) is 6.16. The lowest BCUT2D eigenvalue weighted by atomic mass is 10.1. The second-order valence-electron chi connectivity index (χ2n) is 4.72. The van der Waals surface area contributed by atoms with Gasteiger partial charge in [-0.1, -0.05) is 6.92 Å². The monoisotopic (exact) mass is 228 g/mol. The van der Waals surface area contributed by atoms with Crippen molar-refractivity contribution < 1.29 is 0 Å². The van der Waals surface area contributed by atoms with Crippen LogP contribution in [0.5, 0.6) is 0 Å². The first-order chi connectivity index (χ1) is 8.04. The number of allylic oxidation sites excluding steroid dienone is 2. The Bertz CT molecular complexity index is 540. The summed E-state index contributed by atoms with van der Waals surface area (Å²) in [7, 11) is 0. The highest BCUT2D eigenvalue weighted by atomic mass is 14.8. The Kier molecular flexibility index (Phi) is 3.05. The number of hydrogen-bond acceptors (Lipinski definition) is 1. The van der Waals surface area contributed by atoms with Crippen molar-refractivity contribution in [2.75, 3.05) is 0 Å². The molecule has 0 saturated heterocycles. The van der Waals surface area contributed by atoms with Crippen LogP contribution in [0.15, 0.2) is 21.8 Å². The number of nitrogens with one attached hydrogen (secondary N) is 1. The second kappa shape index (κ2) is 4.36. The Morgan fingerprint density at radius 3 is 2.35 bits per heavy atom. The van der Waals surface area contributed by atoms with Gasteiger partial charge in [-0.15, -0.1) is 0 Å². The molecule has 0 aliphatic carbocycles. The van der Waals surface area contributed by atoms with Gasteiger partial charge in [-0.3, -0.25) is 4.99 Å². The predicted octanol–water partition coefficient (Wildman–Crippen LogP) is 3.96. The van der Waals surface area contributed by atoms with Gasteiger partial charge in [0.15, 0.2) is 0 Å². The maximum absolute atomic E-state index is 4.44. The summed E-state index contributed by atoms with van der Waals surface area (Å²) in [6, 6.07) is 0. The van der Waals surface area contributed by atoms with E-state index in [-0.39, 0.29) is 0 Å². The largest absolute Gasteiger partial charge is 0.358 e. The SMILES string of the molecule is CCc1[nH]c(/C=C2/N=CC(C)=C2C)c(C)c1C. The summed E-state index contributed by atoms with van der Waals surface area (Å²) in [4.78, 5) is 7.93. The van der Waals surface area contributed by atoms with Gasteiger partial charge in [-0.25, -0.2) is 0 Å². The fourth-order valence-corrected chi connectivity index (χ4v) is 2.12. The molecule has 90 valence electrons. The van der Waals surface area contributed by atoms with Crippen molar-refractivity contribution in [1.29, 1.82) is 0 Å². The summed E-state index contributed by atoms with van der Waals surface area (Å²) in [6.07, 6.45) is 5.14. The smallest absolute Gasteiger partial charge is 0.0682 e. The third kappa shape index (κ3) is 1.99. The van der Waals surface area contributed by atoms with Gasteiger partial charge < -0.3 is 4.98 Å². The van der Waals surface area contributed by atoms with Crippen LogP contribution in [0, 0.1) is 13.8 Å². The zero-order valence-electron chi connectivity index (χ0n) is 11.3. The van der Waals surface area contributed by atoms with Crippen molar-refractivity contribution in [1.82, 2.24) is 4.98 Å². The summed E-state index contributed by atoms with van der Waals surface area (Å²) in [5.74, 6) is 0. The minimum atomic E-state index is 1.05. The third-order valence-corrected chi connectivity index (χ3v) is 3.71. The van der Waals surface area contributed by atoms with Crippen molar-refractivity contribution in [2.24, 2.45) is 4.99 Å².